The predicted octanol–water partition coefficient (Wildman–Crippen LogP) is 8.03. The summed E-state index contributed by atoms with van der Waals surface area (Å²) in [6.45, 7) is 9.65. The third-order valence-electron chi connectivity index (χ3n) is 12.7. The highest BCUT2D eigenvalue weighted by atomic mass is 32.1. The van der Waals surface area contributed by atoms with Crippen LogP contribution >= 0.6 is 23.6 Å². The van der Waals surface area contributed by atoms with Crippen LogP contribution in [0.1, 0.15) is 78.8 Å². The number of aryl methyl sites for hydroxylation is 1. The largest absolute Gasteiger partial charge is 0.493 e. The predicted molar refractivity (Wildman–Crippen MR) is 260 cm³/mol. The molecule has 0 radical (unpaired) electrons. The number of hydrogen-bond donors (Lipinski definition) is 2. The van der Waals surface area contributed by atoms with E-state index in [0.717, 1.165) is 38.7 Å². The number of aromatic nitrogens is 1. The minimum atomic E-state index is -4.82. The number of aliphatic hydroxyl groups is 1. The SMILES string of the molecule is Cc1ncsc1-c1ccc(CNC(=O)[C@@H]2C[C@@H](O)CN2C(=O)[C@H](C(C)C)N2Cc3ccccc3C2=O)c(OCCCOc2ccc(N3C(=S)N(c4ccc(C#N)c(C(F)(F)F)c4)C(=O)C3(C)C)cc2)c1. The fourth-order valence-electron chi connectivity index (χ4n) is 9.19. The smallest absolute Gasteiger partial charge is 0.417 e. The second-order valence-electron chi connectivity index (χ2n) is 18.2. The van der Waals surface area contributed by atoms with Crippen molar-refractivity contribution in [2.75, 3.05) is 29.6 Å². The summed E-state index contributed by atoms with van der Waals surface area (Å²) >= 11 is 7.16. The molecule has 19 heteroatoms. The molecule has 0 bridgehead atoms. The van der Waals surface area contributed by atoms with E-state index in [1.54, 1.807) is 71.6 Å². The average Bonchev–Trinajstić information content (AvgIpc) is 4.07. The van der Waals surface area contributed by atoms with E-state index in [1.807, 2.05) is 51.1 Å². The number of carbonyl (C=O) groups excluding carboxylic acids is 4. The van der Waals surface area contributed by atoms with Gasteiger partial charge < -0.3 is 34.6 Å². The molecule has 364 valence electrons. The molecule has 5 aromatic rings. The number of rotatable bonds is 15. The van der Waals surface area contributed by atoms with Crippen LogP contribution in [0, 0.1) is 24.2 Å². The molecule has 14 nitrogen and oxygen atoms in total. The first-order valence-corrected chi connectivity index (χ1v) is 23.9. The molecule has 2 saturated heterocycles. The van der Waals surface area contributed by atoms with Crippen LogP contribution in [0.2, 0.25) is 0 Å². The topological polar surface area (TPSA) is 169 Å². The number of carbonyl (C=O) groups is 4. The first kappa shape index (κ1) is 49.5. The van der Waals surface area contributed by atoms with Crippen molar-refractivity contribution < 1.29 is 46.9 Å². The lowest BCUT2D eigenvalue weighted by Crippen LogP contribution is -2.55. The van der Waals surface area contributed by atoms with Crippen molar-refractivity contribution in [3.63, 3.8) is 0 Å². The number of nitriles is 1. The number of fused-ring (bicyclic) bond motifs is 1. The first-order chi connectivity index (χ1) is 33.3. The monoisotopic (exact) mass is 993 g/mol. The molecule has 2 N–H and O–H groups in total. The van der Waals surface area contributed by atoms with Gasteiger partial charge in [0.1, 0.15) is 29.1 Å². The molecule has 4 heterocycles. The summed E-state index contributed by atoms with van der Waals surface area (Å²) in [5, 5.41) is 23.0. The highest BCUT2D eigenvalue weighted by Crippen LogP contribution is 2.40. The maximum absolute atomic E-state index is 14.3. The normalized spacial score (nSPS) is 18.1. The minimum Gasteiger partial charge on any atom is -0.493 e. The van der Waals surface area contributed by atoms with E-state index in [4.69, 9.17) is 21.7 Å². The zero-order valence-electron chi connectivity index (χ0n) is 38.9. The average molecular weight is 994 g/mol. The van der Waals surface area contributed by atoms with Crippen LogP contribution in [-0.4, -0.2) is 92.1 Å². The Morgan fingerprint density at radius 2 is 1.73 bits per heavy atom. The second-order valence-corrected chi connectivity index (χ2v) is 19.4. The number of thiocarbonyl (C=S) groups is 1. The summed E-state index contributed by atoms with van der Waals surface area (Å²) in [5.74, 6) is -0.859. The van der Waals surface area contributed by atoms with Gasteiger partial charge >= 0.3 is 6.18 Å². The van der Waals surface area contributed by atoms with Crippen molar-refractivity contribution >= 4 is 63.7 Å². The van der Waals surface area contributed by atoms with Crippen molar-refractivity contribution in [3.05, 3.63) is 124 Å². The van der Waals surface area contributed by atoms with Gasteiger partial charge in [-0.3, -0.25) is 24.1 Å². The van der Waals surface area contributed by atoms with E-state index in [9.17, 15) is 42.7 Å². The standard InChI is InChI=1S/C51H50F3N7O7S2/c1-29(2)43(59-26-34-9-6-7-10-39(34)46(59)64)47(65)58-27-37(62)23-41(58)45(63)56-25-33-12-11-31(44-30(3)57-28-70-44)21-42(33)68-20-8-19-67-38-17-15-35(16-18-38)61-49(69)60(48(66)50(61,4)5)36-14-13-32(24-55)40(22-36)51(52,53)54/h6-7,9-18,21-22,28-29,37,41,43,62H,8,19-20,23,25-27H2,1-5H3,(H,56,63)/t37-,41+,43+/m1/s1. The third kappa shape index (κ3) is 9.67. The van der Waals surface area contributed by atoms with Crippen molar-refractivity contribution in [3.8, 4) is 28.0 Å². The first-order valence-electron chi connectivity index (χ1n) is 22.6. The van der Waals surface area contributed by atoms with E-state index in [1.165, 1.54) is 22.3 Å². The van der Waals surface area contributed by atoms with Gasteiger partial charge in [0.05, 0.1) is 58.3 Å². The number of aliphatic hydroxyl groups excluding tert-OH is 1. The molecular formula is C51H50F3N7O7S2. The van der Waals surface area contributed by atoms with Gasteiger partial charge in [0.15, 0.2) is 5.11 Å². The number of β-amino-alcohol motifs (C(OH)–C–C–N with tert-alkyl or cyclic N) is 1. The van der Waals surface area contributed by atoms with Crippen LogP contribution in [0.3, 0.4) is 0 Å². The van der Waals surface area contributed by atoms with Crippen molar-refractivity contribution in [1.82, 2.24) is 20.1 Å². The number of ether oxygens (including phenoxy) is 2. The number of likely N-dealkylation sites (tertiary alicyclic amines) is 1. The number of halogens is 3. The number of amides is 4. The molecule has 2 fully saturated rings. The second kappa shape index (κ2) is 19.9. The summed E-state index contributed by atoms with van der Waals surface area (Å²) < 4.78 is 53.8. The lowest BCUT2D eigenvalue weighted by atomic mass is 10.0. The number of nitrogens with one attached hydrogen (secondary N) is 1. The minimum absolute atomic E-state index is 0.0279. The van der Waals surface area contributed by atoms with Crippen molar-refractivity contribution in [2.24, 2.45) is 5.92 Å². The molecular weight excluding hydrogens is 944 g/mol. The van der Waals surface area contributed by atoms with Crippen LogP contribution in [0.5, 0.6) is 11.5 Å². The third-order valence-corrected chi connectivity index (χ3v) is 14.1. The number of hydrogen-bond acceptors (Lipinski definition) is 11. The lowest BCUT2D eigenvalue weighted by molar-refractivity contribution is -0.143. The summed E-state index contributed by atoms with van der Waals surface area (Å²) in [6, 6.07) is 22.5. The molecule has 4 amide bonds. The van der Waals surface area contributed by atoms with Crippen molar-refractivity contribution in [1.29, 1.82) is 5.26 Å². The van der Waals surface area contributed by atoms with E-state index in [-0.39, 0.29) is 61.9 Å². The van der Waals surface area contributed by atoms with E-state index >= 15 is 0 Å². The van der Waals surface area contributed by atoms with Crippen molar-refractivity contribution in [2.45, 2.75) is 90.5 Å². The summed E-state index contributed by atoms with van der Waals surface area (Å²) in [6.07, 6.45) is -5.25. The van der Waals surface area contributed by atoms with Gasteiger partial charge in [0.2, 0.25) is 11.8 Å². The van der Waals surface area contributed by atoms with Gasteiger partial charge in [-0.05, 0) is 105 Å². The maximum atomic E-state index is 14.3. The molecule has 3 aliphatic rings. The van der Waals surface area contributed by atoms with E-state index in [0.29, 0.717) is 34.7 Å². The fourth-order valence-corrected chi connectivity index (χ4v) is 10.5. The van der Waals surface area contributed by atoms with E-state index < -0.39 is 58.8 Å². The summed E-state index contributed by atoms with van der Waals surface area (Å²) in [4.78, 5) is 66.2. The molecule has 8 rings (SSSR count). The van der Waals surface area contributed by atoms with Gasteiger partial charge in [-0.1, -0.05) is 44.2 Å². The zero-order chi connectivity index (χ0) is 50.2. The Kier molecular flexibility index (Phi) is 14.0. The lowest BCUT2D eigenvalue weighted by Gasteiger charge is -2.35. The molecule has 4 aromatic carbocycles. The molecule has 3 aliphatic heterocycles. The van der Waals surface area contributed by atoms with Gasteiger partial charge in [0, 0.05) is 49.3 Å². The van der Waals surface area contributed by atoms with Crippen LogP contribution in [-0.2, 0) is 33.6 Å². The number of alkyl halides is 3. The molecule has 3 atom stereocenters. The molecule has 0 unspecified atom stereocenters. The van der Waals surface area contributed by atoms with Crippen LogP contribution < -0.4 is 24.6 Å². The Bertz CT molecular complexity index is 2900. The number of thiazole rings is 1. The van der Waals surface area contributed by atoms with Crippen LogP contribution in [0.25, 0.3) is 10.4 Å². The molecule has 0 spiro atoms. The van der Waals surface area contributed by atoms with E-state index in [2.05, 4.69) is 10.3 Å². The molecule has 1 aromatic heterocycles. The van der Waals surface area contributed by atoms with Gasteiger partial charge in [0.25, 0.3) is 11.8 Å². The quantitative estimate of drug-likeness (QED) is 0.0770. The zero-order valence-corrected chi connectivity index (χ0v) is 40.6. The Hall–Kier alpha value is -6.88. The number of benzene rings is 4. The Labute approximate surface area is 412 Å². The maximum Gasteiger partial charge on any atom is 0.417 e. The highest BCUT2D eigenvalue weighted by Gasteiger charge is 2.51. The summed E-state index contributed by atoms with van der Waals surface area (Å²) in [7, 11) is 0. The summed E-state index contributed by atoms with van der Waals surface area (Å²) in [5.41, 5.74) is 2.95. The molecule has 0 aliphatic carbocycles. The van der Waals surface area contributed by atoms with Crippen LogP contribution in [0.4, 0.5) is 24.5 Å². The molecule has 70 heavy (non-hydrogen) atoms. The molecule has 0 saturated carbocycles. The van der Waals surface area contributed by atoms with Gasteiger partial charge in [-0.2, -0.15) is 18.4 Å². The Morgan fingerprint density at radius 1 is 1.01 bits per heavy atom. The Morgan fingerprint density at radius 3 is 2.40 bits per heavy atom. The highest BCUT2D eigenvalue weighted by molar-refractivity contribution is 7.81. The number of nitrogens with zero attached hydrogens (tertiary/aromatic N) is 6. The van der Waals surface area contributed by atoms with Gasteiger partial charge in [-0.25, -0.2) is 4.98 Å². The van der Waals surface area contributed by atoms with Crippen LogP contribution in [0.15, 0.2) is 90.4 Å². The van der Waals surface area contributed by atoms with Gasteiger partial charge in [-0.15, -0.1) is 11.3 Å². The number of anilines is 2. The fraction of sp³-hybridized carbons (Fsp3) is 0.353. The Balaban J connectivity index is 0.901.